The molecule has 0 radical (unpaired) electrons. The highest BCUT2D eigenvalue weighted by molar-refractivity contribution is 5.69. The molecule has 36 heavy (non-hydrogen) atoms. The van der Waals surface area contributed by atoms with Crippen LogP contribution in [0.1, 0.15) is 90.5 Å². The molecule has 0 aliphatic heterocycles. The maximum absolute atomic E-state index is 12.5. The van der Waals surface area contributed by atoms with E-state index < -0.39 is 0 Å². The van der Waals surface area contributed by atoms with Crippen LogP contribution in [0.15, 0.2) is 24.3 Å². The van der Waals surface area contributed by atoms with Gasteiger partial charge in [0, 0.05) is 6.42 Å². The molecule has 10 atom stereocenters. The molecule has 3 N–H and O–H groups in total. The number of esters is 1. The second kappa shape index (κ2) is 9.94. The Bertz CT molecular complexity index is 947. The number of ether oxygens (including phenoxy) is 1. The van der Waals surface area contributed by atoms with E-state index in [0.717, 1.165) is 37.7 Å². The molecule has 1 aromatic carbocycles. The third-order valence-electron chi connectivity index (χ3n) is 11.5. The number of hydrogen-bond acceptors (Lipinski definition) is 5. The zero-order chi connectivity index (χ0) is 25.7. The predicted octanol–water partition coefficient (Wildman–Crippen LogP) is 5.84. The zero-order valence-corrected chi connectivity index (χ0v) is 22.4. The van der Waals surface area contributed by atoms with Gasteiger partial charge >= 0.3 is 5.97 Å². The highest BCUT2D eigenvalue weighted by Crippen LogP contribution is 2.68. The Labute approximate surface area is 216 Å². The summed E-state index contributed by atoms with van der Waals surface area (Å²) in [4.78, 5) is 12.5. The molecule has 0 heterocycles. The largest absolute Gasteiger partial charge is 0.508 e. The van der Waals surface area contributed by atoms with Gasteiger partial charge in [0.1, 0.15) is 12.4 Å². The van der Waals surface area contributed by atoms with Gasteiger partial charge in [0.2, 0.25) is 0 Å². The van der Waals surface area contributed by atoms with E-state index in [1.807, 2.05) is 6.07 Å². The molecule has 0 amide bonds. The lowest BCUT2D eigenvalue weighted by Crippen LogP contribution is -2.58. The number of hydrogen-bond donors (Lipinski definition) is 3. The van der Waals surface area contributed by atoms with Gasteiger partial charge in [0.15, 0.2) is 0 Å². The summed E-state index contributed by atoms with van der Waals surface area (Å²) >= 11 is 0. The Hall–Kier alpha value is -1.59. The molecule has 0 bridgehead atoms. The number of carbonyl (C=O) groups is 1. The van der Waals surface area contributed by atoms with Crippen molar-refractivity contribution in [2.45, 2.75) is 104 Å². The second-order valence-electron chi connectivity index (χ2n) is 13.3. The number of aliphatic hydroxyl groups excluding tert-OH is 2. The number of aliphatic hydroxyl groups is 2. The van der Waals surface area contributed by atoms with Crippen molar-refractivity contribution in [3.05, 3.63) is 29.8 Å². The minimum Gasteiger partial charge on any atom is -0.508 e. The van der Waals surface area contributed by atoms with Gasteiger partial charge in [-0.2, -0.15) is 0 Å². The summed E-state index contributed by atoms with van der Waals surface area (Å²) in [7, 11) is 0. The second-order valence-corrected chi connectivity index (χ2v) is 13.3. The highest BCUT2D eigenvalue weighted by Gasteiger charge is 2.62. The van der Waals surface area contributed by atoms with Crippen molar-refractivity contribution in [2.24, 2.45) is 46.3 Å². The van der Waals surface area contributed by atoms with Crippen LogP contribution in [-0.4, -0.2) is 33.5 Å². The summed E-state index contributed by atoms with van der Waals surface area (Å²) in [5.74, 6) is 2.99. The van der Waals surface area contributed by atoms with Crippen molar-refractivity contribution >= 4 is 5.97 Å². The van der Waals surface area contributed by atoms with E-state index in [2.05, 4.69) is 20.8 Å². The summed E-state index contributed by atoms with van der Waals surface area (Å²) in [5, 5.41) is 31.3. The van der Waals surface area contributed by atoms with Gasteiger partial charge in [-0.3, -0.25) is 4.79 Å². The van der Waals surface area contributed by atoms with Gasteiger partial charge in [-0.25, -0.2) is 0 Å². The Balaban J connectivity index is 1.20. The predicted molar refractivity (Wildman–Crippen MR) is 139 cm³/mol. The third-order valence-corrected chi connectivity index (χ3v) is 11.5. The van der Waals surface area contributed by atoms with E-state index in [0.29, 0.717) is 41.9 Å². The van der Waals surface area contributed by atoms with Crippen LogP contribution in [-0.2, 0) is 16.1 Å². The number of fused-ring (bicyclic) bond motifs is 5. The third kappa shape index (κ3) is 4.60. The minimum absolute atomic E-state index is 0.172. The van der Waals surface area contributed by atoms with E-state index >= 15 is 0 Å². The maximum Gasteiger partial charge on any atom is 0.306 e. The van der Waals surface area contributed by atoms with E-state index in [1.54, 1.807) is 18.2 Å². The Morgan fingerprint density at radius 1 is 1.06 bits per heavy atom. The van der Waals surface area contributed by atoms with E-state index in [4.69, 9.17) is 4.74 Å². The summed E-state index contributed by atoms with van der Waals surface area (Å²) in [6.45, 7) is 7.45. The Morgan fingerprint density at radius 2 is 1.81 bits per heavy atom. The molecule has 4 aliphatic rings. The molecule has 5 heteroatoms. The van der Waals surface area contributed by atoms with Crippen LogP contribution >= 0.6 is 0 Å². The van der Waals surface area contributed by atoms with Crippen LogP contribution in [0.2, 0.25) is 0 Å². The van der Waals surface area contributed by atoms with Crippen molar-refractivity contribution in [3.63, 3.8) is 0 Å². The molecule has 4 fully saturated rings. The minimum atomic E-state index is -0.246. The van der Waals surface area contributed by atoms with Crippen molar-refractivity contribution < 1.29 is 24.9 Å². The normalized spacial score (nSPS) is 42.6. The van der Waals surface area contributed by atoms with Crippen LogP contribution in [0.5, 0.6) is 5.75 Å². The molecule has 1 aromatic rings. The van der Waals surface area contributed by atoms with Gasteiger partial charge in [0.25, 0.3) is 0 Å². The van der Waals surface area contributed by atoms with E-state index in [1.165, 1.54) is 25.7 Å². The number of phenolic OH excluding ortho intramolecular Hbond substituents is 1. The lowest BCUT2D eigenvalue weighted by molar-refractivity contribution is -0.174. The quantitative estimate of drug-likeness (QED) is 0.429. The molecule has 4 aliphatic carbocycles. The number of benzene rings is 1. The summed E-state index contributed by atoms with van der Waals surface area (Å²) in [6, 6.07) is 6.85. The van der Waals surface area contributed by atoms with Crippen LogP contribution in [0.4, 0.5) is 0 Å². The Kier molecular flexibility index (Phi) is 7.19. The number of aromatic hydroxyl groups is 1. The maximum atomic E-state index is 12.5. The Morgan fingerprint density at radius 3 is 2.58 bits per heavy atom. The van der Waals surface area contributed by atoms with Crippen LogP contribution < -0.4 is 0 Å². The van der Waals surface area contributed by atoms with Crippen LogP contribution in [0, 0.1) is 46.3 Å². The SMILES string of the molecule is C[C@H](CCC(=O)OCc1cccc(O)c1)[C@H]1CC[C@H]2[C@@H]3[C@@H](O)C[C@@H]4C[C@@H](O)CC[C@]4(C)[C@H]3CC[C@]12C. The fourth-order valence-corrected chi connectivity index (χ4v) is 9.60. The first-order valence-corrected chi connectivity index (χ1v) is 14.4. The summed E-state index contributed by atoms with van der Waals surface area (Å²) in [6.07, 6.45) is 9.33. The lowest BCUT2D eigenvalue weighted by atomic mass is 9.43. The molecule has 4 saturated carbocycles. The van der Waals surface area contributed by atoms with E-state index in [9.17, 15) is 20.1 Å². The van der Waals surface area contributed by atoms with Crippen molar-refractivity contribution in [3.8, 4) is 5.75 Å². The summed E-state index contributed by atoms with van der Waals surface area (Å²) < 4.78 is 5.48. The van der Waals surface area contributed by atoms with Gasteiger partial charge in [-0.05, 0) is 122 Å². The zero-order valence-electron chi connectivity index (χ0n) is 22.4. The van der Waals surface area contributed by atoms with Crippen LogP contribution in [0.25, 0.3) is 0 Å². The first-order chi connectivity index (χ1) is 17.1. The van der Waals surface area contributed by atoms with Gasteiger partial charge in [-0.1, -0.05) is 32.9 Å². The first kappa shape index (κ1) is 26.0. The van der Waals surface area contributed by atoms with Gasteiger partial charge in [0.05, 0.1) is 12.2 Å². The van der Waals surface area contributed by atoms with Crippen LogP contribution in [0.3, 0.4) is 0 Å². The summed E-state index contributed by atoms with van der Waals surface area (Å²) in [5.41, 5.74) is 1.28. The molecule has 5 rings (SSSR count). The molecule has 0 unspecified atom stereocenters. The molecular weight excluding hydrogens is 452 g/mol. The average molecular weight is 499 g/mol. The molecule has 0 saturated heterocycles. The first-order valence-electron chi connectivity index (χ1n) is 14.4. The number of rotatable bonds is 6. The lowest BCUT2D eigenvalue weighted by Gasteiger charge is -2.62. The average Bonchev–Trinajstić information content (AvgIpc) is 3.19. The topological polar surface area (TPSA) is 87.0 Å². The number of carbonyl (C=O) groups excluding carboxylic acids is 1. The van der Waals surface area contributed by atoms with Gasteiger partial charge < -0.3 is 20.1 Å². The number of phenols is 1. The monoisotopic (exact) mass is 498 g/mol. The fourth-order valence-electron chi connectivity index (χ4n) is 9.60. The van der Waals surface area contributed by atoms with E-state index in [-0.39, 0.29) is 41.4 Å². The standard InChI is InChI=1S/C31H46O5/c1-19(7-10-28(35)36-18-20-5-4-6-22(32)15-20)24-8-9-25-29-26(12-14-31(24,25)3)30(2)13-11-23(33)16-21(30)17-27(29)34/h4-6,15,19,21,23-27,29,32-34H,7-14,16-18H2,1-3H3/t19-,21+,23+,24-,25+,26+,27+,29+,30+,31-/m1/s1. The molecule has 0 spiro atoms. The molecule has 5 nitrogen and oxygen atoms in total. The molecular formula is C31H46O5. The highest BCUT2D eigenvalue weighted by atomic mass is 16.5. The van der Waals surface area contributed by atoms with Crippen molar-refractivity contribution in [1.29, 1.82) is 0 Å². The molecule has 0 aromatic heterocycles. The smallest absolute Gasteiger partial charge is 0.306 e. The van der Waals surface area contributed by atoms with Crippen molar-refractivity contribution in [1.82, 2.24) is 0 Å². The molecule has 200 valence electrons. The fraction of sp³-hybridized carbons (Fsp3) is 0.774. The van der Waals surface area contributed by atoms with Crippen molar-refractivity contribution in [2.75, 3.05) is 0 Å². The van der Waals surface area contributed by atoms with Gasteiger partial charge in [-0.15, -0.1) is 0 Å².